The van der Waals surface area contributed by atoms with Crippen LogP contribution in [-0.4, -0.2) is 6.10 Å². The highest BCUT2D eigenvalue weighted by atomic mass is 16.5. The van der Waals surface area contributed by atoms with Crippen LogP contribution in [0.1, 0.15) is 42.1 Å². The third kappa shape index (κ3) is 3.40. The van der Waals surface area contributed by atoms with Crippen molar-refractivity contribution in [3.05, 3.63) is 64.7 Å². The van der Waals surface area contributed by atoms with Crippen molar-refractivity contribution in [3.8, 4) is 5.75 Å². The number of hydrogen-bond acceptors (Lipinski definition) is 2. The highest BCUT2D eigenvalue weighted by Gasteiger charge is 2.12. The number of hydrogen-bond donors (Lipinski definition) is 1. The largest absolute Gasteiger partial charge is 0.491 e. The Hall–Kier alpha value is -1.80. The first kappa shape index (κ1) is 14.6. The monoisotopic (exact) mass is 269 g/mol. The molecule has 0 bridgehead atoms. The minimum absolute atomic E-state index is 0.0944. The lowest BCUT2D eigenvalue weighted by atomic mass is 9.94. The lowest BCUT2D eigenvalue weighted by Crippen LogP contribution is -2.13. The summed E-state index contributed by atoms with van der Waals surface area (Å²) in [5.74, 6) is 0.886. The molecule has 2 heteroatoms. The van der Waals surface area contributed by atoms with Gasteiger partial charge in [0.05, 0.1) is 12.1 Å². The van der Waals surface area contributed by atoms with Crippen LogP contribution in [0.5, 0.6) is 5.75 Å². The fourth-order valence-corrected chi connectivity index (χ4v) is 2.30. The molecule has 1 atom stereocenters. The van der Waals surface area contributed by atoms with Gasteiger partial charge in [-0.25, -0.2) is 0 Å². The van der Waals surface area contributed by atoms with Crippen LogP contribution in [0.2, 0.25) is 0 Å². The molecule has 0 fully saturated rings. The molecule has 0 heterocycles. The second kappa shape index (κ2) is 6.10. The molecule has 2 N–H and O–H groups in total. The SMILES string of the molecule is Cc1ccc(C)c(C(N)c2ccc(OC(C)C)cc2)c1. The maximum Gasteiger partial charge on any atom is 0.119 e. The van der Waals surface area contributed by atoms with E-state index >= 15 is 0 Å². The fraction of sp³-hybridized carbons (Fsp3) is 0.333. The standard InChI is InChI=1S/C18H23NO/c1-12(2)20-16-9-7-15(8-10-16)18(19)17-11-13(3)5-6-14(17)4/h5-12,18H,19H2,1-4H3. The molecular weight excluding hydrogens is 246 g/mol. The lowest BCUT2D eigenvalue weighted by Gasteiger charge is -2.17. The zero-order valence-corrected chi connectivity index (χ0v) is 12.7. The summed E-state index contributed by atoms with van der Waals surface area (Å²) in [5.41, 5.74) is 11.2. The van der Waals surface area contributed by atoms with Crippen molar-refractivity contribution in [2.45, 2.75) is 39.8 Å². The summed E-state index contributed by atoms with van der Waals surface area (Å²) in [6.45, 7) is 8.24. The summed E-state index contributed by atoms with van der Waals surface area (Å²) in [6, 6.07) is 14.4. The van der Waals surface area contributed by atoms with Crippen LogP contribution in [0.4, 0.5) is 0 Å². The molecule has 20 heavy (non-hydrogen) atoms. The van der Waals surface area contributed by atoms with E-state index in [2.05, 4.69) is 32.0 Å². The Morgan fingerprint density at radius 3 is 2.20 bits per heavy atom. The summed E-state index contributed by atoms with van der Waals surface area (Å²) < 4.78 is 5.66. The molecule has 2 rings (SSSR count). The molecule has 0 aromatic heterocycles. The molecule has 0 aliphatic carbocycles. The topological polar surface area (TPSA) is 35.2 Å². The van der Waals surface area contributed by atoms with Crippen molar-refractivity contribution in [1.29, 1.82) is 0 Å². The van der Waals surface area contributed by atoms with Crippen molar-refractivity contribution in [2.24, 2.45) is 5.73 Å². The van der Waals surface area contributed by atoms with E-state index in [4.69, 9.17) is 10.5 Å². The Balaban J connectivity index is 2.24. The van der Waals surface area contributed by atoms with Crippen LogP contribution >= 0.6 is 0 Å². The first-order valence-corrected chi connectivity index (χ1v) is 7.06. The predicted molar refractivity (Wildman–Crippen MR) is 84.2 cm³/mol. The molecule has 2 aromatic rings. The fourth-order valence-electron chi connectivity index (χ4n) is 2.30. The van der Waals surface area contributed by atoms with Crippen molar-refractivity contribution >= 4 is 0 Å². The summed E-state index contributed by atoms with van der Waals surface area (Å²) in [4.78, 5) is 0. The van der Waals surface area contributed by atoms with E-state index in [9.17, 15) is 0 Å². The molecule has 106 valence electrons. The molecule has 2 nitrogen and oxygen atoms in total. The minimum atomic E-state index is -0.0944. The van der Waals surface area contributed by atoms with Crippen LogP contribution in [-0.2, 0) is 0 Å². The van der Waals surface area contributed by atoms with E-state index in [1.165, 1.54) is 16.7 Å². The maximum absolute atomic E-state index is 6.40. The molecule has 0 spiro atoms. The Morgan fingerprint density at radius 2 is 1.60 bits per heavy atom. The summed E-state index contributed by atoms with van der Waals surface area (Å²) in [5, 5.41) is 0. The summed E-state index contributed by atoms with van der Waals surface area (Å²) in [7, 11) is 0. The van der Waals surface area contributed by atoms with Crippen molar-refractivity contribution in [2.75, 3.05) is 0 Å². The van der Waals surface area contributed by atoms with E-state index in [1.807, 2.05) is 38.1 Å². The van der Waals surface area contributed by atoms with Gasteiger partial charge in [0.15, 0.2) is 0 Å². The van der Waals surface area contributed by atoms with Gasteiger partial charge in [0.2, 0.25) is 0 Å². The van der Waals surface area contributed by atoms with Gasteiger partial charge in [0.1, 0.15) is 5.75 Å². The van der Waals surface area contributed by atoms with Crippen LogP contribution < -0.4 is 10.5 Å². The molecule has 0 amide bonds. The molecule has 0 saturated carbocycles. The van der Waals surface area contributed by atoms with Gasteiger partial charge in [-0.2, -0.15) is 0 Å². The first-order chi connectivity index (χ1) is 9.47. The molecule has 1 unspecified atom stereocenters. The predicted octanol–water partition coefficient (Wildman–Crippen LogP) is 4.14. The van der Waals surface area contributed by atoms with Gasteiger partial charge in [0.25, 0.3) is 0 Å². The Labute approximate surface area is 121 Å². The number of ether oxygens (including phenoxy) is 1. The Bertz CT molecular complexity index is 572. The van der Waals surface area contributed by atoms with Crippen LogP contribution in [0.25, 0.3) is 0 Å². The normalized spacial score (nSPS) is 12.5. The quantitative estimate of drug-likeness (QED) is 0.905. The van der Waals surface area contributed by atoms with E-state index in [0.717, 1.165) is 11.3 Å². The first-order valence-electron chi connectivity index (χ1n) is 7.06. The van der Waals surface area contributed by atoms with Crippen LogP contribution in [0.15, 0.2) is 42.5 Å². The highest BCUT2D eigenvalue weighted by molar-refractivity contribution is 5.40. The average molecular weight is 269 g/mol. The second-order valence-corrected chi connectivity index (χ2v) is 5.57. The number of benzene rings is 2. The van der Waals surface area contributed by atoms with Gasteiger partial charge in [-0.3, -0.25) is 0 Å². The van der Waals surface area contributed by atoms with Crippen molar-refractivity contribution < 1.29 is 4.74 Å². The molecule has 2 aromatic carbocycles. The lowest BCUT2D eigenvalue weighted by molar-refractivity contribution is 0.242. The third-order valence-corrected chi connectivity index (χ3v) is 3.38. The Morgan fingerprint density at radius 1 is 0.950 bits per heavy atom. The maximum atomic E-state index is 6.40. The van der Waals surface area contributed by atoms with E-state index < -0.39 is 0 Å². The van der Waals surface area contributed by atoms with E-state index in [-0.39, 0.29) is 12.1 Å². The van der Waals surface area contributed by atoms with Gasteiger partial charge in [0, 0.05) is 0 Å². The van der Waals surface area contributed by atoms with E-state index in [0.29, 0.717) is 0 Å². The van der Waals surface area contributed by atoms with Gasteiger partial charge in [-0.15, -0.1) is 0 Å². The number of rotatable bonds is 4. The number of nitrogens with two attached hydrogens (primary N) is 1. The zero-order valence-electron chi connectivity index (χ0n) is 12.7. The van der Waals surface area contributed by atoms with Gasteiger partial charge in [-0.05, 0) is 56.5 Å². The summed E-state index contributed by atoms with van der Waals surface area (Å²) >= 11 is 0. The highest BCUT2D eigenvalue weighted by Crippen LogP contribution is 2.25. The zero-order chi connectivity index (χ0) is 14.7. The average Bonchev–Trinajstić information content (AvgIpc) is 2.41. The molecular formula is C18H23NO. The minimum Gasteiger partial charge on any atom is -0.491 e. The van der Waals surface area contributed by atoms with Crippen LogP contribution in [0, 0.1) is 13.8 Å². The number of aryl methyl sites for hydroxylation is 2. The molecule has 0 aliphatic heterocycles. The van der Waals surface area contributed by atoms with Crippen molar-refractivity contribution in [1.82, 2.24) is 0 Å². The van der Waals surface area contributed by atoms with Gasteiger partial charge >= 0.3 is 0 Å². The molecule has 0 aliphatic rings. The molecule has 0 radical (unpaired) electrons. The Kier molecular flexibility index (Phi) is 4.46. The summed E-state index contributed by atoms with van der Waals surface area (Å²) in [6.07, 6.45) is 0.188. The third-order valence-electron chi connectivity index (χ3n) is 3.38. The van der Waals surface area contributed by atoms with Gasteiger partial charge < -0.3 is 10.5 Å². The van der Waals surface area contributed by atoms with Crippen LogP contribution in [0.3, 0.4) is 0 Å². The van der Waals surface area contributed by atoms with Crippen molar-refractivity contribution in [3.63, 3.8) is 0 Å². The second-order valence-electron chi connectivity index (χ2n) is 5.57. The van der Waals surface area contributed by atoms with Gasteiger partial charge in [-0.1, -0.05) is 35.9 Å². The smallest absolute Gasteiger partial charge is 0.119 e. The molecule has 0 saturated heterocycles. The van der Waals surface area contributed by atoms with E-state index in [1.54, 1.807) is 0 Å².